The maximum atomic E-state index is 12.2. The lowest BCUT2D eigenvalue weighted by Gasteiger charge is -2.45. The van der Waals surface area contributed by atoms with Crippen LogP contribution in [0.25, 0.3) is 0 Å². The van der Waals surface area contributed by atoms with E-state index >= 15 is 0 Å². The van der Waals surface area contributed by atoms with Gasteiger partial charge < -0.3 is 0 Å². The molecule has 0 heterocycles. The number of halogens is 3. The molecule has 5 heteroatoms. The molecule has 0 saturated heterocycles. The van der Waals surface area contributed by atoms with E-state index in [0.717, 1.165) is 12.8 Å². The fourth-order valence-electron chi connectivity index (χ4n) is 3.40. The van der Waals surface area contributed by atoms with E-state index in [1.54, 1.807) is 0 Å². The first kappa shape index (κ1) is 12.6. The molecular weight excluding hydrogens is 235 g/mol. The summed E-state index contributed by atoms with van der Waals surface area (Å²) in [6.07, 6.45) is 6.68. The van der Waals surface area contributed by atoms with Crippen molar-refractivity contribution in [2.75, 3.05) is 0 Å². The quantitative estimate of drug-likeness (QED) is 0.743. The summed E-state index contributed by atoms with van der Waals surface area (Å²) >= 11 is -0.0724. The van der Waals surface area contributed by atoms with Crippen LogP contribution in [0.3, 0.4) is 0 Å². The molecule has 0 aromatic heterocycles. The van der Waals surface area contributed by atoms with Gasteiger partial charge in [-0.15, -0.1) is 0 Å². The van der Waals surface area contributed by atoms with Crippen molar-refractivity contribution in [1.82, 2.24) is 4.72 Å². The molecule has 2 aliphatic carbocycles. The van der Waals surface area contributed by atoms with Gasteiger partial charge in [-0.25, -0.2) is 0 Å². The number of rotatable bonds is 2. The monoisotopic (exact) mass is 253 g/mol. The lowest BCUT2D eigenvalue weighted by molar-refractivity contribution is -0.0347. The van der Waals surface area contributed by atoms with Crippen molar-refractivity contribution in [2.45, 2.75) is 56.5 Å². The summed E-state index contributed by atoms with van der Waals surface area (Å²) in [5.41, 5.74) is -4.50. The molecule has 1 N–H and O–H groups in total. The summed E-state index contributed by atoms with van der Waals surface area (Å²) in [6, 6.07) is 0. The van der Waals surface area contributed by atoms with E-state index in [1.807, 2.05) is 6.92 Å². The average molecular weight is 253 g/mol. The van der Waals surface area contributed by atoms with Crippen LogP contribution in [-0.4, -0.2) is 11.0 Å². The van der Waals surface area contributed by atoms with E-state index in [4.69, 9.17) is 0 Å². The third-order valence-corrected chi connectivity index (χ3v) is 4.61. The van der Waals surface area contributed by atoms with Crippen LogP contribution in [-0.2, 0) is 0 Å². The Balaban J connectivity index is 1.92. The van der Waals surface area contributed by atoms with E-state index in [-0.39, 0.29) is 17.5 Å². The van der Waals surface area contributed by atoms with Crippen molar-refractivity contribution in [3.63, 3.8) is 0 Å². The fraction of sp³-hybridized carbons (Fsp3) is 1.00. The maximum Gasteiger partial charge on any atom is 0.456 e. The van der Waals surface area contributed by atoms with E-state index in [2.05, 4.69) is 4.72 Å². The molecule has 16 heavy (non-hydrogen) atoms. The first-order valence-electron chi connectivity index (χ1n) is 5.88. The van der Waals surface area contributed by atoms with Crippen LogP contribution < -0.4 is 4.72 Å². The Morgan fingerprint density at radius 1 is 1.19 bits per heavy atom. The van der Waals surface area contributed by atoms with Gasteiger partial charge in [0.1, 0.15) is 0 Å². The molecule has 0 aliphatic heterocycles. The van der Waals surface area contributed by atoms with Crippen LogP contribution in [0.1, 0.15) is 45.4 Å². The minimum atomic E-state index is -4.17. The zero-order valence-electron chi connectivity index (χ0n) is 9.44. The second-order valence-corrected chi connectivity index (χ2v) is 6.39. The van der Waals surface area contributed by atoms with Gasteiger partial charge in [-0.3, -0.25) is 4.72 Å². The predicted molar refractivity (Wildman–Crippen MR) is 59.9 cm³/mol. The van der Waals surface area contributed by atoms with Gasteiger partial charge in [-0.05, 0) is 38.0 Å². The lowest BCUT2D eigenvalue weighted by atomic mass is 9.66. The highest BCUT2D eigenvalue weighted by Crippen LogP contribution is 2.45. The molecule has 0 aromatic rings. The van der Waals surface area contributed by atoms with Crippen LogP contribution in [0.5, 0.6) is 0 Å². The highest BCUT2D eigenvalue weighted by Gasteiger charge is 2.41. The largest absolute Gasteiger partial charge is 0.456 e. The van der Waals surface area contributed by atoms with Gasteiger partial charge in [-0.1, -0.05) is 19.3 Å². The fourth-order valence-corrected chi connectivity index (χ4v) is 3.92. The number of fused-ring (bicyclic) bond motifs is 2. The van der Waals surface area contributed by atoms with Crippen molar-refractivity contribution < 1.29 is 13.2 Å². The standard InChI is InChI=1S/C11H18F3NS/c1-10(15-16-11(12,13)14)6-8-3-2-4-9(5-8)7-10/h8-9,15H,2-7H2,1H3. The highest BCUT2D eigenvalue weighted by molar-refractivity contribution is 7.98. The molecule has 2 rings (SSSR count). The Labute approximate surface area is 98.7 Å². The van der Waals surface area contributed by atoms with E-state index in [0.29, 0.717) is 11.8 Å². The Morgan fingerprint density at radius 2 is 1.75 bits per heavy atom. The Bertz CT molecular complexity index is 242. The van der Waals surface area contributed by atoms with Crippen LogP contribution in [0.2, 0.25) is 0 Å². The summed E-state index contributed by atoms with van der Waals surface area (Å²) in [5.74, 6) is 1.28. The first-order chi connectivity index (χ1) is 7.36. The predicted octanol–water partition coefficient (Wildman–Crippen LogP) is 4.10. The van der Waals surface area contributed by atoms with Crippen molar-refractivity contribution in [3.8, 4) is 0 Å². The molecule has 2 bridgehead atoms. The summed E-state index contributed by atoms with van der Waals surface area (Å²) in [4.78, 5) is 0. The molecule has 0 spiro atoms. The second-order valence-electron chi connectivity index (χ2n) is 5.52. The molecule has 0 aromatic carbocycles. The van der Waals surface area contributed by atoms with Crippen molar-refractivity contribution in [1.29, 1.82) is 0 Å². The minimum absolute atomic E-state index is 0.0724. The van der Waals surface area contributed by atoms with Crippen molar-refractivity contribution in [3.05, 3.63) is 0 Å². The summed E-state index contributed by atoms with van der Waals surface area (Å²) in [7, 11) is 0. The van der Waals surface area contributed by atoms with Gasteiger partial charge in [0.15, 0.2) is 0 Å². The zero-order valence-corrected chi connectivity index (χ0v) is 10.3. The molecule has 2 saturated carbocycles. The van der Waals surface area contributed by atoms with Crippen LogP contribution in [0.4, 0.5) is 13.2 Å². The molecule has 2 atom stereocenters. The minimum Gasteiger partial charge on any atom is -0.251 e. The first-order valence-corrected chi connectivity index (χ1v) is 6.70. The van der Waals surface area contributed by atoms with Gasteiger partial charge in [0.05, 0.1) is 0 Å². The van der Waals surface area contributed by atoms with E-state index in [1.165, 1.54) is 25.7 Å². The molecule has 2 fully saturated rings. The van der Waals surface area contributed by atoms with Gasteiger partial charge in [0, 0.05) is 17.5 Å². The maximum absolute atomic E-state index is 12.2. The van der Waals surface area contributed by atoms with Crippen LogP contribution >= 0.6 is 11.9 Å². The van der Waals surface area contributed by atoms with Crippen molar-refractivity contribution >= 4 is 11.9 Å². The zero-order chi connectivity index (χ0) is 11.8. The van der Waals surface area contributed by atoms with E-state index in [9.17, 15) is 13.2 Å². The van der Waals surface area contributed by atoms with E-state index < -0.39 is 5.51 Å². The number of hydrogen-bond acceptors (Lipinski definition) is 2. The van der Waals surface area contributed by atoms with Crippen LogP contribution in [0, 0.1) is 11.8 Å². The molecule has 2 aliphatic rings. The number of nitrogens with one attached hydrogen (secondary N) is 1. The third-order valence-electron chi connectivity index (χ3n) is 3.78. The summed E-state index contributed by atoms with van der Waals surface area (Å²) in [5, 5.41) is 0. The summed E-state index contributed by atoms with van der Waals surface area (Å²) in [6.45, 7) is 1.94. The Morgan fingerprint density at radius 3 is 2.25 bits per heavy atom. The second kappa shape index (κ2) is 4.41. The molecule has 0 radical (unpaired) electrons. The van der Waals surface area contributed by atoms with Gasteiger partial charge in [-0.2, -0.15) is 13.2 Å². The third kappa shape index (κ3) is 3.29. The molecule has 2 unspecified atom stereocenters. The summed E-state index contributed by atoms with van der Waals surface area (Å²) < 4.78 is 39.2. The van der Waals surface area contributed by atoms with Gasteiger partial charge in [0.2, 0.25) is 0 Å². The topological polar surface area (TPSA) is 12.0 Å². The number of alkyl halides is 3. The van der Waals surface area contributed by atoms with Crippen molar-refractivity contribution in [2.24, 2.45) is 11.8 Å². The Hall–Kier alpha value is 0.100. The molecule has 1 nitrogen and oxygen atoms in total. The lowest BCUT2D eigenvalue weighted by Crippen LogP contribution is -2.47. The highest BCUT2D eigenvalue weighted by atomic mass is 32.2. The number of hydrogen-bond donors (Lipinski definition) is 1. The SMILES string of the molecule is CC1(NSC(F)(F)F)CC2CCCC(C2)C1. The normalized spacial score (nSPS) is 39.8. The average Bonchev–Trinajstić information content (AvgIpc) is 2.13. The molecule has 0 amide bonds. The smallest absolute Gasteiger partial charge is 0.251 e. The van der Waals surface area contributed by atoms with Gasteiger partial charge >= 0.3 is 5.51 Å². The molecule has 94 valence electrons. The Kier molecular flexibility index (Phi) is 3.46. The molecular formula is C11H18F3NS. The van der Waals surface area contributed by atoms with Gasteiger partial charge in [0.25, 0.3) is 0 Å². The van der Waals surface area contributed by atoms with Crippen LogP contribution in [0.15, 0.2) is 0 Å².